The van der Waals surface area contributed by atoms with E-state index in [4.69, 9.17) is 5.11 Å². The van der Waals surface area contributed by atoms with Gasteiger partial charge in [-0.25, -0.2) is 4.79 Å². The van der Waals surface area contributed by atoms with Gasteiger partial charge < -0.3 is 10.0 Å². The maximum atomic E-state index is 11.0. The number of benzene rings is 1. The van der Waals surface area contributed by atoms with Crippen LogP contribution < -0.4 is 4.90 Å². The molecular weight excluding hydrogens is 202 g/mol. The third kappa shape index (κ3) is 2.54. The number of anilines is 1. The SMILES string of the molecule is CCc1ccccc1N(CC)[C@H](C)C(=O)O. The van der Waals surface area contributed by atoms with Crippen LogP contribution in [-0.4, -0.2) is 23.7 Å². The summed E-state index contributed by atoms with van der Waals surface area (Å²) in [5.74, 6) is -0.784. The monoisotopic (exact) mass is 221 g/mol. The third-order valence-corrected chi connectivity index (χ3v) is 2.85. The van der Waals surface area contributed by atoms with Crippen LogP contribution in [0.3, 0.4) is 0 Å². The van der Waals surface area contributed by atoms with Gasteiger partial charge in [-0.3, -0.25) is 0 Å². The molecule has 0 aliphatic rings. The topological polar surface area (TPSA) is 40.5 Å². The van der Waals surface area contributed by atoms with Gasteiger partial charge in [0.1, 0.15) is 6.04 Å². The van der Waals surface area contributed by atoms with Gasteiger partial charge in [-0.2, -0.15) is 0 Å². The molecule has 1 N–H and O–H groups in total. The van der Waals surface area contributed by atoms with E-state index in [9.17, 15) is 4.79 Å². The van der Waals surface area contributed by atoms with Gasteiger partial charge in [0.25, 0.3) is 0 Å². The Morgan fingerprint density at radius 3 is 2.50 bits per heavy atom. The highest BCUT2D eigenvalue weighted by Gasteiger charge is 2.20. The summed E-state index contributed by atoms with van der Waals surface area (Å²) in [6.07, 6.45) is 0.916. The van der Waals surface area contributed by atoms with Crippen molar-refractivity contribution in [3.05, 3.63) is 29.8 Å². The molecule has 0 unspecified atom stereocenters. The average molecular weight is 221 g/mol. The summed E-state index contributed by atoms with van der Waals surface area (Å²) in [5.41, 5.74) is 2.22. The zero-order valence-corrected chi connectivity index (χ0v) is 10.1. The fraction of sp³-hybridized carbons (Fsp3) is 0.462. The highest BCUT2D eigenvalue weighted by atomic mass is 16.4. The fourth-order valence-corrected chi connectivity index (χ4v) is 1.88. The molecule has 1 aromatic carbocycles. The van der Waals surface area contributed by atoms with Crippen LogP contribution >= 0.6 is 0 Å². The first-order valence-electron chi connectivity index (χ1n) is 5.69. The molecule has 0 aliphatic heterocycles. The van der Waals surface area contributed by atoms with Crippen molar-refractivity contribution in [3.8, 4) is 0 Å². The van der Waals surface area contributed by atoms with Gasteiger partial charge in [-0.15, -0.1) is 0 Å². The van der Waals surface area contributed by atoms with Crippen molar-refractivity contribution in [1.82, 2.24) is 0 Å². The molecule has 1 atom stereocenters. The van der Waals surface area contributed by atoms with E-state index in [-0.39, 0.29) is 0 Å². The minimum Gasteiger partial charge on any atom is -0.480 e. The molecule has 16 heavy (non-hydrogen) atoms. The molecule has 3 heteroatoms. The Balaban J connectivity index is 3.07. The van der Waals surface area contributed by atoms with Gasteiger partial charge >= 0.3 is 5.97 Å². The molecule has 0 amide bonds. The fourth-order valence-electron chi connectivity index (χ4n) is 1.88. The summed E-state index contributed by atoms with van der Waals surface area (Å²) >= 11 is 0. The first-order chi connectivity index (χ1) is 7.61. The van der Waals surface area contributed by atoms with Crippen LogP contribution in [0.25, 0.3) is 0 Å². The molecule has 0 fully saturated rings. The lowest BCUT2D eigenvalue weighted by molar-refractivity contribution is -0.138. The molecule has 0 heterocycles. The van der Waals surface area contributed by atoms with Crippen molar-refractivity contribution in [3.63, 3.8) is 0 Å². The molecule has 0 saturated carbocycles. The molecule has 3 nitrogen and oxygen atoms in total. The lowest BCUT2D eigenvalue weighted by Gasteiger charge is -2.29. The summed E-state index contributed by atoms with van der Waals surface area (Å²) < 4.78 is 0. The van der Waals surface area contributed by atoms with Crippen molar-refractivity contribution in [2.45, 2.75) is 33.2 Å². The normalized spacial score (nSPS) is 12.2. The zero-order chi connectivity index (χ0) is 12.1. The summed E-state index contributed by atoms with van der Waals surface area (Å²) in [5, 5.41) is 9.07. The number of aliphatic carboxylic acids is 1. The highest BCUT2D eigenvalue weighted by Crippen LogP contribution is 2.22. The first kappa shape index (κ1) is 12.6. The van der Waals surface area contributed by atoms with E-state index in [0.717, 1.165) is 12.1 Å². The van der Waals surface area contributed by atoms with Crippen LogP contribution in [0.5, 0.6) is 0 Å². The second-order valence-electron chi connectivity index (χ2n) is 3.78. The van der Waals surface area contributed by atoms with Crippen LogP contribution in [0.2, 0.25) is 0 Å². The van der Waals surface area contributed by atoms with Crippen LogP contribution in [0.4, 0.5) is 5.69 Å². The molecule has 0 saturated heterocycles. The Bertz CT molecular complexity index is 363. The van der Waals surface area contributed by atoms with Crippen molar-refractivity contribution >= 4 is 11.7 Å². The number of carbonyl (C=O) groups is 1. The molecule has 0 bridgehead atoms. The molecule has 1 aromatic rings. The minimum atomic E-state index is -0.784. The van der Waals surface area contributed by atoms with Crippen molar-refractivity contribution in [1.29, 1.82) is 0 Å². The summed E-state index contributed by atoms with van der Waals surface area (Å²) in [4.78, 5) is 12.9. The molecule has 0 spiro atoms. The Kier molecular flexibility index (Phi) is 4.35. The second kappa shape index (κ2) is 5.54. The molecule has 0 aromatic heterocycles. The molecule has 88 valence electrons. The largest absolute Gasteiger partial charge is 0.480 e. The summed E-state index contributed by atoms with van der Waals surface area (Å²) in [7, 11) is 0. The summed E-state index contributed by atoms with van der Waals surface area (Å²) in [6, 6.07) is 7.49. The predicted octanol–water partition coefficient (Wildman–Crippen LogP) is 2.55. The molecular formula is C13H19NO2. The van der Waals surface area contributed by atoms with E-state index >= 15 is 0 Å². The van der Waals surface area contributed by atoms with E-state index in [2.05, 4.69) is 6.92 Å². The zero-order valence-electron chi connectivity index (χ0n) is 10.1. The quantitative estimate of drug-likeness (QED) is 0.830. The van der Waals surface area contributed by atoms with E-state index in [1.807, 2.05) is 36.1 Å². The number of aryl methyl sites for hydroxylation is 1. The van der Waals surface area contributed by atoms with Gasteiger partial charge in [0.15, 0.2) is 0 Å². The number of nitrogens with zero attached hydrogens (tertiary/aromatic N) is 1. The van der Waals surface area contributed by atoms with E-state index < -0.39 is 12.0 Å². The smallest absolute Gasteiger partial charge is 0.326 e. The van der Waals surface area contributed by atoms with Gasteiger partial charge in [-0.05, 0) is 31.9 Å². The molecule has 0 aliphatic carbocycles. The number of rotatable bonds is 5. The number of carboxylic acid groups (broad SMARTS) is 1. The van der Waals surface area contributed by atoms with E-state index in [0.29, 0.717) is 6.54 Å². The van der Waals surface area contributed by atoms with Crippen molar-refractivity contribution in [2.75, 3.05) is 11.4 Å². The average Bonchev–Trinajstić information content (AvgIpc) is 2.30. The maximum Gasteiger partial charge on any atom is 0.326 e. The van der Waals surface area contributed by atoms with Crippen molar-refractivity contribution < 1.29 is 9.90 Å². The standard InChI is InChI=1S/C13H19NO2/c1-4-11-8-6-7-9-12(11)14(5-2)10(3)13(15)16/h6-10H,4-5H2,1-3H3,(H,15,16)/t10-/m1/s1. The Morgan fingerprint density at radius 1 is 1.38 bits per heavy atom. The number of likely N-dealkylation sites (N-methyl/N-ethyl adjacent to an activating group) is 1. The number of hydrogen-bond acceptors (Lipinski definition) is 2. The van der Waals surface area contributed by atoms with Gasteiger partial charge in [0.05, 0.1) is 0 Å². The van der Waals surface area contributed by atoms with E-state index in [1.54, 1.807) is 6.92 Å². The second-order valence-corrected chi connectivity index (χ2v) is 3.78. The third-order valence-electron chi connectivity index (χ3n) is 2.85. The minimum absolute atomic E-state index is 0.488. The van der Waals surface area contributed by atoms with Crippen LogP contribution in [0, 0.1) is 0 Å². The Morgan fingerprint density at radius 2 is 2.00 bits per heavy atom. The van der Waals surface area contributed by atoms with Gasteiger partial charge in [-0.1, -0.05) is 25.1 Å². The van der Waals surface area contributed by atoms with E-state index in [1.165, 1.54) is 5.56 Å². The lowest BCUT2D eigenvalue weighted by atomic mass is 10.1. The van der Waals surface area contributed by atoms with Gasteiger partial charge in [0, 0.05) is 12.2 Å². The van der Waals surface area contributed by atoms with Crippen LogP contribution in [-0.2, 0) is 11.2 Å². The number of carboxylic acids is 1. The van der Waals surface area contributed by atoms with Crippen LogP contribution in [0.1, 0.15) is 26.3 Å². The van der Waals surface area contributed by atoms with Crippen LogP contribution in [0.15, 0.2) is 24.3 Å². The van der Waals surface area contributed by atoms with Crippen molar-refractivity contribution in [2.24, 2.45) is 0 Å². The van der Waals surface area contributed by atoms with Gasteiger partial charge in [0.2, 0.25) is 0 Å². The first-order valence-corrected chi connectivity index (χ1v) is 5.69. The maximum absolute atomic E-state index is 11.0. The number of hydrogen-bond donors (Lipinski definition) is 1. The highest BCUT2D eigenvalue weighted by molar-refractivity contribution is 5.78. The Labute approximate surface area is 96.7 Å². The predicted molar refractivity (Wildman–Crippen MR) is 65.9 cm³/mol. The lowest BCUT2D eigenvalue weighted by Crippen LogP contribution is -2.39. The Hall–Kier alpha value is -1.51. The molecule has 0 radical (unpaired) electrons. The summed E-state index contributed by atoms with van der Waals surface area (Å²) in [6.45, 7) is 6.48. The number of para-hydroxylation sites is 1. The molecule has 1 rings (SSSR count).